The van der Waals surface area contributed by atoms with E-state index in [0.29, 0.717) is 61.9 Å². The van der Waals surface area contributed by atoms with Gasteiger partial charge >= 0.3 is 6.18 Å². The van der Waals surface area contributed by atoms with E-state index in [0.717, 1.165) is 11.8 Å². The number of alkyl halides is 3. The van der Waals surface area contributed by atoms with Gasteiger partial charge in [0.2, 0.25) is 5.91 Å². The molecular formula is C27H28F3N9O3. The monoisotopic (exact) mass is 583 g/mol. The number of fused-ring (bicyclic) bond motifs is 1. The molecule has 0 radical (unpaired) electrons. The molecule has 0 bridgehead atoms. The molecule has 0 saturated carbocycles. The molecule has 0 unspecified atom stereocenters. The summed E-state index contributed by atoms with van der Waals surface area (Å²) in [5, 5.41) is 21.5. The lowest BCUT2D eigenvalue weighted by Crippen LogP contribution is -2.54. The van der Waals surface area contributed by atoms with E-state index in [1.54, 1.807) is 28.0 Å². The predicted molar refractivity (Wildman–Crippen MR) is 145 cm³/mol. The summed E-state index contributed by atoms with van der Waals surface area (Å²) in [7, 11) is 0. The Morgan fingerprint density at radius 3 is 2.55 bits per heavy atom. The first-order chi connectivity index (χ1) is 20.1. The number of aliphatic hydroxyl groups excluding tert-OH is 1. The third-order valence-corrected chi connectivity index (χ3v) is 7.63. The van der Waals surface area contributed by atoms with Gasteiger partial charge in [-0.05, 0) is 37.1 Å². The first-order valence-corrected chi connectivity index (χ1v) is 13.4. The largest absolute Gasteiger partial charge is 0.433 e. The highest BCUT2D eigenvalue weighted by Gasteiger charge is 2.37. The van der Waals surface area contributed by atoms with Gasteiger partial charge in [0.15, 0.2) is 11.5 Å². The molecule has 2 aliphatic heterocycles. The molecule has 4 N–H and O–H groups in total. The van der Waals surface area contributed by atoms with Gasteiger partial charge in [0.1, 0.15) is 5.69 Å². The number of carbonyl (C=O) groups is 2. The van der Waals surface area contributed by atoms with Gasteiger partial charge in [-0.3, -0.25) is 19.1 Å². The quantitative estimate of drug-likeness (QED) is 0.280. The van der Waals surface area contributed by atoms with Gasteiger partial charge in [-0.1, -0.05) is 0 Å². The molecule has 12 nitrogen and oxygen atoms in total. The van der Waals surface area contributed by atoms with Gasteiger partial charge in [-0.2, -0.15) is 18.3 Å². The predicted octanol–water partition coefficient (Wildman–Crippen LogP) is 2.20. The first kappa shape index (κ1) is 27.7. The van der Waals surface area contributed by atoms with Gasteiger partial charge in [0, 0.05) is 56.4 Å². The molecule has 15 heteroatoms. The number of aliphatic hydroxyl groups is 1. The third kappa shape index (κ3) is 5.16. The van der Waals surface area contributed by atoms with Crippen LogP contribution < -0.4 is 10.6 Å². The summed E-state index contributed by atoms with van der Waals surface area (Å²) < 4.78 is 41.8. The van der Waals surface area contributed by atoms with Crippen LogP contribution in [-0.2, 0) is 11.0 Å². The highest BCUT2D eigenvalue weighted by atomic mass is 19.4. The number of hydrogen-bond donors (Lipinski definition) is 4. The number of H-pyrrole nitrogens is 1. The van der Waals surface area contributed by atoms with Crippen LogP contribution in [0.3, 0.4) is 0 Å². The van der Waals surface area contributed by atoms with Crippen molar-refractivity contribution in [1.29, 1.82) is 0 Å². The maximum atomic E-state index is 13.4. The molecule has 4 aromatic rings. The number of aromatic amines is 1. The Balaban J connectivity index is 1.15. The van der Waals surface area contributed by atoms with Crippen molar-refractivity contribution in [2.75, 3.05) is 38.0 Å². The summed E-state index contributed by atoms with van der Waals surface area (Å²) in [6.45, 7) is 3.86. The van der Waals surface area contributed by atoms with Crippen molar-refractivity contribution in [2.45, 2.75) is 31.7 Å². The number of anilines is 2. The minimum absolute atomic E-state index is 0.0518. The van der Waals surface area contributed by atoms with Crippen LogP contribution in [0.2, 0.25) is 0 Å². The Morgan fingerprint density at radius 1 is 1.10 bits per heavy atom. The van der Waals surface area contributed by atoms with Crippen molar-refractivity contribution in [3.05, 3.63) is 59.8 Å². The molecule has 2 saturated heterocycles. The summed E-state index contributed by atoms with van der Waals surface area (Å²) in [4.78, 5) is 38.1. The molecule has 42 heavy (non-hydrogen) atoms. The van der Waals surface area contributed by atoms with E-state index in [9.17, 15) is 27.9 Å². The van der Waals surface area contributed by atoms with Crippen LogP contribution in [0.25, 0.3) is 16.9 Å². The zero-order valence-corrected chi connectivity index (χ0v) is 22.5. The fraction of sp³-hybridized carbons (Fsp3) is 0.370. The first-order valence-electron chi connectivity index (χ1n) is 13.4. The number of aromatic nitrogens is 5. The fourth-order valence-electron chi connectivity index (χ4n) is 5.45. The van der Waals surface area contributed by atoms with Crippen LogP contribution in [0.5, 0.6) is 0 Å². The number of rotatable bonds is 5. The zero-order valence-electron chi connectivity index (χ0n) is 22.5. The topological polar surface area (TPSA) is 144 Å². The molecule has 220 valence electrons. The number of nitrogens with one attached hydrogen (secondary N) is 3. The maximum absolute atomic E-state index is 13.4. The molecule has 2 aliphatic rings. The molecule has 0 aliphatic carbocycles. The summed E-state index contributed by atoms with van der Waals surface area (Å²) >= 11 is 0. The molecule has 5 heterocycles. The van der Waals surface area contributed by atoms with Gasteiger partial charge in [0.05, 0.1) is 35.8 Å². The van der Waals surface area contributed by atoms with Crippen molar-refractivity contribution in [2.24, 2.45) is 0 Å². The molecular weight excluding hydrogens is 555 g/mol. The minimum atomic E-state index is -4.61. The summed E-state index contributed by atoms with van der Waals surface area (Å²) in [6, 6.07) is 4.84. The fourth-order valence-corrected chi connectivity index (χ4v) is 5.45. The summed E-state index contributed by atoms with van der Waals surface area (Å²) in [5.41, 5.74) is 1.28. The van der Waals surface area contributed by atoms with Gasteiger partial charge in [0.25, 0.3) is 5.91 Å². The lowest BCUT2D eigenvalue weighted by molar-refractivity contribution is -0.140. The molecule has 2 amide bonds. The highest BCUT2D eigenvalue weighted by Crippen LogP contribution is 2.36. The van der Waals surface area contributed by atoms with Gasteiger partial charge < -0.3 is 25.5 Å². The van der Waals surface area contributed by atoms with Gasteiger partial charge in [-0.15, -0.1) is 0 Å². The zero-order chi connectivity index (χ0) is 29.6. The number of hydrogen-bond acceptors (Lipinski definition) is 8. The standard InChI is InChI=1S/C27H28F3N9O3/c1-15-10-16(2-3-18(15)25(41)37-6-8-38(9-7-37)26(42)20-11-17(40)12-32-20)35-23-24-33-14-21(39(24)5-4-31-23)19-13-34-36-22(19)27(28,29)30/h2-5,10,13-14,17,20,32,40H,6-9,11-12H2,1H3,(H,31,35)(H,34,36)/t17-,20+/m0/s1. The number of β-amino-alcohol motifs (C(OH)–C–C–N with tert-alkyl or cyclic N) is 1. The van der Waals surface area contributed by atoms with Crippen molar-refractivity contribution >= 4 is 29.0 Å². The molecule has 6 rings (SSSR count). The van der Waals surface area contributed by atoms with Crippen LogP contribution in [-0.4, -0.2) is 96.2 Å². The van der Waals surface area contributed by atoms with Crippen LogP contribution in [0, 0.1) is 6.92 Å². The van der Waals surface area contributed by atoms with E-state index in [1.807, 2.05) is 12.0 Å². The van der Waals surface area contributed by atoms with Crippen LogP contribution in [0.1, 0.15) is 28.0 Å². The maximum Gasteiger partial charge on any atom is 0.433 e. The smallest absolute Gasteiger partial charge is 0.392 e. The number of piperazine rings is 1. The van der Waals surface area contributed by atoms with E-state index in [1.165, 1.54) is 23.0 Å². The number of carbonyl (C=O) groups excluding carboxylic acids is 2. The lowest BCUT2D eigenvalue weighted by atomic mass is 10.1. The number of halogens is 3. The normalized spacial score (nSPS) is 19.5. The van der Waals surface area contributed by atoms with Gasteiger partial charge in [-0.25, -0.2) is 9.97 Å². The second-order valence-electron chi connectivity index (χ2n) is 10.4. The number of amides is 2. The lowest BCUT2D eigenvalue weighted by Gasteiger charge is -2.36. The summed E-state index contributed by atoms with van der Waals surface area (Å²) in [6.07, 6.45) is 0.676. The third-order valence-electron chi connectivity index (χ3n) is 7.63. The molecule has 3 aromatic heterocycles. The van der Waals surface area contributed by atoms with E-state index in [-0.39, 0.29) is 29.1 Å². The van der Waals surface area contributed by atoms with E-state index in [2.05, 4.69) is 25.7 Å². The highest BCUT2D eigenvalue weighted by molar-refractivity contribution is 5.96. The van der Waals surface area contributed by atoms with Crippen molar-refractivity contribution in [1.82, 2.24) is 39.7 Å². The second-order valence-corrected chi connectivity index (χ2v) is 10.4. The number of aryl methyl sites for hydroxylation is 1. The van der Waals surface area contributed by atoms with Crippen molar-refractivity contribution in [3.63, 3.8) is 0 Å². The van der Waals surface area contributed by atoms with Crippen molar-refractivity contribution in [3.8, 4) is 11.3 Å². The Morgan fingerprint density at radius 2 is 1.86 bits per heavy atom. The number of imidazole rings is 1. The van der Waals surface area contributed by atoms with Crippen molar-refractivity contribution < 1.29 is 27.9 Å². The Bertz CT molecular complexity index is 1640. The van der Waals surface area contributed by atoms with Crippen LogP contribution >= 0.6 is 0 Å². The van der Waals surface area contributed by atoms with E-state index >= 15 is 0 Å². The Kier molecular flexibility index (Phi) is 7.06. The molecule has 2 atom stereocenters. The number of benzene rings is 1. The number of nitrogens with zero attached hydrogens (tertiary/aromatic N) is 6. The summed E-state index contributed by atoms with van der Waals surface area (Å²) in [5.74, 6) is 0.132. The Hall–Kier alpha value is -4.50. The molecule has 2 fully saturated rings. The minimum Gasteiger partial charge on any atom is -0.392 e. The molecule has 0 spiro atoms. The SMILES string of the molecule is Cc1cc(Nc2nccn3c(-c4cn[nH]c4C(F)(F)F)cnc23)ccc1C(=O)N1CCN(C(=O)[C@H]2C[C@H](O)CN2)CC1. The van der Waals surface area contributed by atoms with E-state index < -0.39 is 18.0 Å². The average Bonchev–Trinajstić information content (AvgIpc) is 3.72. The average molecular weight is 584 g/mol. The second kappa shape index (κ2) is 10.7. The van der Waals surface area contributed by atoms with Crippen LogP contribution in [0.15, 0.2) is 43.0 Å². The molecule has 1 aromatic carbocycles. The van der Waals surface area contributed by atoms with Crippen LogP contribution in [0.4, 0.5) is 24.7 Å². The van der Waals surface area contributed by atoms with E-state index in [4.69, 9.17) is 0 Å². The Labute approximate surface area is 237 Å².